The van der Waals surface area contributed by atoms with Crippen LogP contribution in [0.2, 0.25) is 0 Å². The summed E-state index contributed by atoms with van der Waals surface area (Å²) in [4.78, 5) is 0. The molecule has 0 saturated heterocycles. The van der Waals surface area contributed by atoms with Crippen LogP contribution in [0.15, 0.2) is 24.3 Å². The van der Waals surface area contributed by atoms with Crippen LogP contribution in [0.1, 0.15) is 116 Å². The fourth-order valence-electron chi connectivity index (χ4n) is 4.16. The highest BCUT2D eigenvalue weighted by Crippen LogP contribution is 2.40. The first-order valence-electron chi connectivity index (χ1n) is 11.0. The van der Waals surface area contributed by atoms with Gasteiger partial charge in [0.15, 0.2) is 0 Å². The zero-order valence-corrected chi connectivity index (χ0v) is 17.1. The average Bonchev–Trinajstić information content (AvgIpc) is 2.62. The minimum absolute atomic E-state index is 0.510. The van der Waals surface area contributed by atoms with Crippen molar-refractivity contribution >= 4 is 0 Å². The number of hydrogen-bond acceptors (Lipinski definition) is 1. The first-order valence-corrected chi connectivity index (χ1v) is 11.0. The molecule has 0 spiro atoms. The van der Waals surface area contributed by atoms with E-state index in [1.807, 2.05) is 12.1 Å². The Hall–Kier alpha value is -0.980. The van der Waals surface area contributed by atoms with Crippen molar-refractivity contribution in [3.05, 3.63) is 29.8 Å². The van der Waals surface area contributed by atoms with E-state index in [-0.39, 0.29) is 0 Å². The third-order valence-electron chi connectivity index (χ3n) is 5.61. The first-order chi connectivity index (χ1) is 12.2. The van der Waals surface area contributed by atoms with Gasteiger partial charge in [-0.15, -0.1) is 0 Å². The molecule has 2 unspecified atom stereocenters. The molecule has 144 valence electrons. The molecule has 0 aliphatic carbocycles. The lowest BCUT2D eigenvalue weighted by Crippen LogP contribution is -2.14. The van der Waals surface area contributed by atoms with Gasteiger partial charge in [-0.2, -0.15) is 0 Å². The standard InChI is InChI=1S/C24H42O/c1-4-7-9-11-13-18-22(23-19-14-15-20-24(23)25)21(16-6-3)17-12-10-8-5-2/h14-15,19-22,25H,4-13,16-18H2,1-3H3. The SMILES string of the molecule is CCCCCCCC(c1ccccc1O)C(CCC)CCCCCC. The van der Waals surface area contributed by atoms with Gasteiger partial charge in [0.1, 0.15) is 5.75 Å². The summed E-state index contributed by atoms with van der Waals surface area (Å²) in [7, 11) is 0. The van der Waals surface area contributed by atoms with Crippen molar-refractivity contribution < 1.29 is 5.11 Å². The Kier molecular flexibility index (Phi) is 12.5. The Bertz CT molecular complexity index is 426. The van der Waals surface area contributed by atoms with Gasteiger partial charge in [0.2, 0.25) is 0 Å². The van der Waals surface area contributed by atoms with Crippen molar-refractivity contribution in [1.82, 2.24) is 0 Å². The highest BCUT2D eigenvalue weighted by atomic mass is 16.3. The van der Waals surface area contributed by atoms with Crippen molar-refractivity contribution in [2.75, 3.05) is 0 Å². The van der Waals surface area contributed by atoms with Crippen LogP contribution in [0.3, 0.4) is 0 Å². The minimum Gasteiger partial charge on any atom is -0.508 e. The number of hydrogen-bond donors (Lipinski definition) is 1. The normalized spacial score (nSPS) is 13.7. The largest absolute Gasteiger partial charge is 0.508 e. The summed E-state index contributed by atoms with van der Waals surface area (Å²) >= 11 is 0. The van der Waals surface area contributed by atoms with E-state index in [1.54, 1.807) is 0 Å². The van der Waals surface area contributed by atoms with Crippen molar-refractivity contribution in [2.24, 2.45) is 5.92 Å². The maximum Gasteiger partial charge on any atom is 0.119 e. The summed E-state index contributed by atoms with van der Waals surface area (Å²) < 4.78 is 0. The fraction of sp³-hybridized carbons (Fsp3) is 0.750. The molecular formula is C24H42O. The van der Waals surface area contributed by atoms with Gasteiger partial charge in [0.05, 0.1) is 0 Å². The van der Waals surface area contributed by atoms with Gasteiger partial charge in [-0.1, -0.05) is 110 Å². The molecular weight excluding hydrogens is 304 g/mol. The molecule has 0 saturated carbocycles. The number of unbranched alkanes of at least 4 members (excludes halogenated alkanes) is 7. The van der Waals surface area contributed by atoms with E-state index < -0.39 is 0 Å². The lowest BCUT2D eigenvalue weighted by Gasteiger charge is -2.28. The molecule has 1 aromatic carbocycles. The Balaban J connectivity index is 2.75. The lowest BCUT2D eigenvalue weighted by molar-refractivity contribution is 0.322. The van der Waals surface area contributed by atoms with Crippen molar-refractivity contribution in [3.63, 3.8) is 0 Å². The Labute approximate surface area is 157 Å². The minimum atomic E-state index is 0.510. The molecule has 1 N–H and O–H groups in total. The predicted octanol–water partition coefficient (Wildman–Crippen LogP) is 8.22. The van der Waals surface area contributed by atoms with E-state index in [4.69, 9.17) is 0 Å². The maximum atomic E-state index is 10.4. The van der Waals surface area contributed by atoms with Crippen LogP contribution in [-0.4, -0.2) is 5.11 Å². The Morgan fingerprint density at radius 3 is 1.92 bits per heavy atom. The van der Waals surface area contributed by atoms with Crippen LogP contribution < -0.4 is 0 Å². The zero-order chi connectivity index (χ0) is 18.3. The Morgan fingerprint density at radius 1 is 0.680 bits per heavy atom. The molecule has 0 radical (unpaired) electrons. The maximum absolute atomic E-state index is 10.4. The fourth-order valence-corrected chi connectivity index (χ4v) is 4.16. The third-order valence-corrected chi connectivity index (χ3v) is 5.61. The van der Waals surface area contributed by atoms with E-state index in [1.165, 1.54) is 89.0 Å². The second-order valence-electron chi connectivity index (χ2n) is 7.77. The zero-order valence-electron chi connectivity index (χ0n) is 17.1. The molecule has 1 rings (SSSR count). The summed E-state index contributed by atoms with van der Waals surface area (Å²) in [6.45, 7) is 6.87. The molecule has 0 aliphatic heterocycles. The Morgan fingerprint density at radius 2 is 1.28 bits per heavy atom. The van der Waals surface area contributed by atoms with Gasteiger partial charge < -0.3 is 5.11 Å². The molecule has 1 heteroatoms. The topological polar surface area (TPSA) is 20.2 Å². The summed E-state index contributed by atoms with van der Waals surface area (Å²) in [5.74, 6) is 1.77. The van der Waals surface area contributed by atoms with Gasteiger partial charge in [-0.05, 0) is 36.3 Å². The van der Waals surface area contributed by atoms with Crippen LogP contribution in [0.4, 0.5) is 0 Å². The van der Waals surface area contributed by atoms with E-state index in [0.29, 0.717) is 11.7 Å². The molecule has 1 nitrogen and oxygen atoms in total. The highest BCUT2D eigenvalue weighted by molar-refractivity contribution is 5.35. The lowest BCUT2D eigenvalue weighted by atomic mass is 9.77. The predicted molar refractivity (Wildman–Crippen MR) is 111 cm³/mol. The number of para-hydroxylation sites is 1. The average molecular weight is 347 g/mol. The summed E-state index contributed by atoms with van der Waals surface area (Å²) in [5, 5.41) is 10.4. The molecule has 0 aliphatic rings. The molecule has 0 heterocycles. The first kappa shape index (κ1) is 22.1. The number of phenolic OH excluding ortho intramolecular Hbond substituents is 1. The molecule has 0 aromatic heterocycles. The molecule has 0 amide bonds. The van der Waals surface area contributed by atoms with Crippen LogP contribution in [0.5, 0.6) is 5.75 Å². The van der Waals surface area contributed by atoms with Crippen molar-refractivity contribution in [2.45, 2.75) is 110 Å². The van der Waals surface area contributed by atoms with E-state index in [9.17, 15) is 5.11 Å². The van der Waals surface area contributed by atoms with Gasteiger partial charge in [0, 0.05) is 0 Å². The number of phenols is 1. The molecule has 2 atom stereocenters. The van der Waals surface area contributed by atoms with Gasteiger partial charge in [-0.3, -0.25) is 0 Å². The molecule has 0 bridgehead atoms. The number of aromatic hydroxyl groups is 1. The second-order valence-corrected chi connectivity index (χ2v) is 7.77. The number of benzene rings is 1. The van der Waals surface area contributed by atoms with Gasteiger partial charge in [0.25, 0.3) is 0 Å². The van der Waals surface area contributed by atoms with Crippen LogP contribution in [-0.2, 0) is 0 Å². The quantitative estimate of drug-likeness (QED) is 0.317. The second kappa shape index (κ2) is 14.2. The third kappa shape index (κ3) is 8.79. The van der Waals surface area contributed by atoms with Crippen molar-refractivity contribution in [3.8, 4) is 5.75 Å². The summed E-state index contributed by atoms with van der Waals surface area (Å²) in [6, 6.07) is 8.09. The molecule has 1 aromatic rings. The van der Waals surface area contributed by atoms with E-state index in [2.05, 4.69) is 32.9 Å². The van der Waals surface area contributed by atoms with E-state index in [0.717, 1.165) is 5.92 Å². The monoisotopic (exact) mass is 346 g/mol. The molecule has 0 fully saturated rings. The van der Waals surface area contributed by atoms with E-state index >= 15 is 0 Å². The summed E-state index contributed by atoms with van der Waals surface area (Å²) in [6.07, 6.45) is 17.1. The van der Waals surface area contributed by atoms with Gasteiger partial charge in [-0.25, -0.2) is 0 Å². The van der Waals surface area contributed by atoms with Crippen LogP contribution >= 0.6 is 0 Å². The highest BCUT2D eigenvalue weighted by Gasteiger charge is 2.24. The smallest absolute Gasteiger partial charge is 0.119 e. The summed E-state index contributed by atoms with van der Waals surface area (Å²) in [5.41, 5.74) is 1.20. The van der Waals surface area contributed by atoms with Gasteiger partial charge >= 0.3 is 0 Å². The van der Waals surface area contributed by atoms with Crippen molar-refractivity contribution in [1.29, 1.82) is 0 Å². The molecule has 25 heavy (non-hydrogen) atoms. The van der Waals surface area contributed by atoms with Crippen LogP contribution in [0, 0.1) is 5.92 Å². The van der Waals surface area contributed by atoms with Crippen LogP contribution in [0.25, 0.3) is 0 Å². The number of rotatable bonds is 15.